The smallest absolute Gasteiger partial charge is 0.358 e. The fraction of sp³-hybridized carbons (Fsp3) is 0.100. The summed E-state index contributed by atoms with van der Waals surface area (Å²) in [6.45, 7) is 0. The zero-order chi connectivity index (χ0) is 11.4. The average Bonchev–Trinajstić information content (AvgIpc) is 2.81. The number of thiophene rings is 1. The zero-order valence-corrected chi connectivity index (χ0v) is 10.0. The summed E-state index contributed by atoms with van der Waals surface area (Å²) in [5, 5.41) is 2.67. The van der Waals surface area contributed by atoms with Crippen LogP contribution in [-0.4, -0.2) is 23.0 Å². The molecule has 0 unspecified atom stereocenters. The van der Waals surface area contributed by atoms with E-state index in [2.05, 4.69) is 14.7 Å². The number of nitrogens with zero attached hydrogens (tertiary/aromatic N) is 2. The van der Waals surface area contributed by atoms with Crippen LogP contribution in [0, 0.1) is 0 Å². The van der Waals surface area contributed by atoms with Crippen molar-refractivity contribution >= 4 is 29.1 Å². The van der Waals surface area contributed by atoms with Crippen molar-refractivity contribution in [1.29, 1.82) is 0 Å². The van der Waals surface area contributed by atoms with Gasteiger partial charge in [-0.1, -0.05) is 17.8 Å². The van der Waals surface area contributed by atoms with Crippen LogP contribution in [0.2, 0.25) is 0 Å². The van der Waals surface area contributed by atoms with E-state index < -0.39 is 5.97 Å². The number of aromatic nitrogens is 2. The number of methoxy groups -OCH3 is 1. The molecule has 0 bridgehead atoms. The molecule has 2 aromatic rings. The Morgan fingerprint density at radius 1 is 1.50 bits per heavy atom. The fourth-order valence-electron chi connectivity index (χ4n) is 1.02. The number of carbonyl (C=O) groups excluding carboxylic acids is 1. The quantitative estimate of drug-likeness (QED) is 0.785. The van der Waals surface area contributed by atoms with Crippen LogP contribution in [0.5, 0.6) is 0 Å². The summed E-state index contributed by atoms with van der Waals surface area (Å²) in [6, 6.07) is 3.95. The highest BCUT2D eigenvalue weighted by molar-refractivity contribution is 8.01. The Balaban J connectivity index is 2.19. The summed E-state index contributed by atoms with van der Waals surface area (Å²) in [5.74, 6) is -0.471. The number of hydrogen-bond donors (Lipinski definition) is 0. The minimum atomic E-state index is -0.471. The summed E-state index contributed by atoms with van der Waals surface area (Å²) < 4.78 is 5.69. The number of rotatable bonds is 3. The maximum absolute atomic E-state index is 11.2. The molecule has 0 spiro atoms. The summed E-state index contributed by atoms with van der Waals surface area (Å²) in [4.78, 5) is 19.3. The van der Waals surface area contributed by atoms with Crippen molar-refractivity contribution in [2.75, 3.05) is 7.11 Å². The van der Waals surface area contributed by atoms with E-state index in [1.54, 1.807) is 17.5 Å². The van der Waals surface area contributed by atoms with Crippen LogP contribution >= 0.6 is 23.1 Å². The van der Waals surface area contributed by atoms with Crippen molar-refractivity contribution < 1.29 is 9.53 Å². The van der Waals surface area contributed by atoms with E-state index in [0.29, 0.717) is 5.03 Å². The Morgan fingerprint density at radius 2 is 2.38 bits per heavy atom. The van der Waals surface area contributed by atoms with Crippen molar-refractivity contribution in [1.82, 2.24) is 9.97 Å². The third-order valence-electron chi connectivity index (χ3n) is 1.71. The van der Waals surface area contributed by atoms with E-state index in [4.69, 9.17) is 0 Å². The molecule has 2 heterocycles. The van der Waals surface area contributed by atoms with E-state index in [1.807, 2.05) is 17.5 Å². The van der Waals surface area contributed by atoms with Crippen LogP contribution in [0.3, 0.4) is 0 Å². The summed E-state index contributed by atoms with van der Waals surface area (Å²) in [7, 11) is 1.32. The van der Waals surface area contributed by atoms with Gasteiger partial charge in [-0.2, -0.15) is 0 Å². The molecule has 0 atom stereocenters. The highest BCUT2D eigenvalue weighted by Crippen LogP contribution is 2.29. The zero-order valence-electron chi connectivity index (χ0n) is 8.41. The summed E-state index contributed by atoms with van der Waals surface area (Å²) in [5.41, 5.74) is 0.226. The molecular formula is C10H8N2O2S2. The lowest BCUT2D eigenvalue weighted by Crippen LogP contribution is -2.05. The van der Waals surface area contributed by atoms with E-state index in [9.17, 15) is 4.79 Å². The molecule has 0 N–H and O–H groups in total. The lowest BCUT2D eigenvalue weighted by molar-refractivity contribution is 0.0592. The van der Waals surface area contributed by atoms with E-state index >= 15 is 0 Å². The van der Waals surface area contributed by atoms with Gasteiger partial charge in [0.05, 0.1) is 23.7 Å². The lowest BCUT2D eigenvalue weighted by Gasteiger charge is -2.00. The number of carbonyl (C=O) groups is 1. The molecule has 0 aliphatic heterocycles. The molecule has 0 radical (unpaired) electrons. The number of ether oxygens (including phenoxy) is 1. The topological polar surface area (TPSA) is 52.1 Å². The van der Waals surface area contributed by atoms with E-state index in [0.717, 1.165) is 4.21 Å². The molecule has 2 rings (SSSR count). The third kappa shape index (κ3) is 2.59. The second-order valence-corrected chi connectivity index (χ2v) is 5.04. The summed E-state index contributed by atoms with van der Waals surface area (Å²) >= 11 is 3.09. The number of hydrogen-bond acceptors (Lipinski definition) is 6. The molecule has 0 aliphatic rings. The molecule has 6 heteroatoms. The molecule has 0 fully saturated rings. The van der Waals surface area contributed by atoms with Crippen molar-refractivity contribution in [3.8, 4) is 0 Å². The lowest BCUT2D eigenvalue weighted by atomic mass is 10.5. The van der Waals surface area contributed by atoms with Gasteiger partial charge in [-0.25, -0.2) is 9.78 Å². The van der Waals surface area contributed by atoms with Crippen LogP contribution in [0.4, 0.5) is 0 Å². The van der Waals surface area contributed by atoms with Crippen molar-refractivity contribution in [3.05, 3.63) is 35.6 Å². The molecule has 2 aromatic heterocycles. The first-order chi connectivity index (χ1) is 7.79. The molecule has 0 aromatic carbocycles. The van der Waals surface area contributed by atoms with Gasteiger partial charge >= 0.3 is 5.97 Å². The van der Waals surface area contributed by atoms with Crippen molar-refractivity contribution in [2.24, 2.45) is 0 Å². The minimum absolute atomic E-state index is 0.226. The predicted octanol–water partition coefficient (Wildman–Crippen LogP) is 2.48. The van der Waals surface area contributed by atoms with Gasteiger partial charge in [-0.05, 0) is 11.4 Å². The Hall–Kier alpha value is -1.40. The normalized spacial score (nSPS) is 10.1. The minimum Gasteiger partial charge on any atom is -0.464 e. The van der Waals surface area contributed by atoms with E-state index in [-0.39, 0.29) is 5.69 Å². The Kier molecular flexibility index (Phi) is 3.53. The molecule has 4 nitrogen and oxygen atoms in total. The van der Waals surface area contributed by atoms with Gasteiger partial charge in [0.15, 0.2) is 5.69 Å². The maximum atomic E-state index is 11.2. The first-order valence-electron chi connectivity index (χ1n) is 4.41. The Bertz CT molecular complexity index is 485. The van der Waals surface area contributed by atoms with E-state index in [1.165, 1.54) is 25.1 Å². The van der Waals surface area contributed by atoms with Gasteiger partial charge < -0.3 is 4.74 Å². The van der Waals surface area contributed by atoms with Crippen molar-refractivity contribution in [3.63, 3.8) is 0 Å². The largest absolute Gasteiger partial charge is 0.464 e. The van der Waals surface area contributed by atoms with Crippen LogP contribution < -0.4 is 0 Å². The van der Waals surface area contributed by atoms with Crippen LogP contribution in [0.25, 0.3) is 0 Å². The van der Waals surface area contributed by atoms with Gasteiger partial charge in [0.1, 0.15) is 5.03 Å². The first-order valence-corrected chi connectivity index (χ1v) is 6.11. The second-order valence-electron chi connectivity index (χ2n) is 2.77. The molecular weight excluding hydrogens is 244 g/mol. The Morgan fingerprint density at radius 3 is 3.06 bits per heavy atom. The molecule has 0 saturated carbocycles. The molecule has 0 saturated heterocycles. The SMILES string of the molecule is COC(=O)c1cncc(Sc2cccs2)n1. The van der Waals surface area contributed by atoms with Crippen LogP contribution in [-0.2, 0) is 4.74 Å². The van der Waals surface area contributed by atoms with Gasteiger partial charge in [0.2, 0.25) is 0 Å². The number of esters is 1. The molecule has 0 aliphatic carbocycles. The third-order valence-corrected chi connectivity index (χ3v) is 3.65. The average molecular weight is 252 g/mol. The highest BCUT2D eigenvalue weighted by Gasteiger charge is 2.09. The monoisotopic (exact) mass is 252 g/mol. The van der Waals surface area contributed by atoms with Gasteiger partial charge in [0, 0.05) is 0 Å². The van der Waals surface area contributed by atoms with Crippen LogP contribution in [0.15, 0.2) is 39.1 Å². The molecule has 0 amide bonds. The molecule has 16 heavy (non-hydrogen) atoms. The summed E-state index contributed by atoms with van der Waals surface area (Å²) in [6.07, 6.45) is 3.02. The fourth-order valence-corrected chi connectivity index (χ4v) is 2.70. The second kappa shape index (κ2) is 5.09. The van der Waals surface area contributed by atoms with Crippen LogP contribution in [0.1, 0.15) is 10.5 Å². The highest BCUT2D eigenvalue weighted by atomic mass is 32.2. The molecule has 82 valence electrons. The van der Waals surface area contributed by atoms with Gasteiger partial charge in [-0.15, -0.1) is 11.3 Å². The maximum Gasteiger partial charge on any atom is 0.358 e. The van der Waals surface area contributed by atoms with Crippen molar-refractivity contribution in [2.45, 2.75) is 9.24 Å². The standard InChI is InChI=1S/C10H8N2O2S2/c1-14-10(13)7-5-11-6-8(12-7)16-9-3-2-4-15-9/h2-6H,1H3. The predicted molar refractivity (Wildman–Crippen MR) is 61.8 cm³/mol. The van der Waals surface area contributed by atoms with Gasteiger partial charge in [-0.3, -0.25) is 4.98 Å². The van der Waals surface area contributed by atoms with Gasteiger partial charge in [0.25, 0.3) is 0 Å². The first kappa shape index (κ1) is 11.1. The Labute approximate surface area is 101 Å².